The highest BCUT2D eigenvalue weighted by atomic mass is 16.5. The normalized spacial score (nSPS) is 32.5. The largest absolute Gasteiger partial charge is 0.388 e. The second kappa shape index (κ2) is 8.86. The van der Waals surface area contributed by atoms with E-state index in [0.717, 1.165) is 84.1 Å². The molecule has 2 heterocycles. The zero-order valence-corrected chi connectivity index (χ0v) is 20.5. The molecule has 2 saturated heterocycles. The van der Waals surface area contributed by atoms with E-state index in [4.69, 9.17) is 4.74 Å². The van der Waals surface area contributed by atoms with Gasteiger partial charge >= 0.3 is 6.03 Å². The van der Waals surface area contributed by atoms with E-state index in [2.05, 4.69) is 59.1 Å². The number of hydrogen-bond donors (Lipinski definition) is 1. The van der Waals surface area contributed by atoms with Crippen molar-refractivity contribution in [3.63, 3.8) is 0 Å². The highest BCUT2D eigenvalue weighted by molar-refractivity contribution is 5.78. The molecule has 0 bridgehead atoms. The minimum atomic E-state index is -0.688. The van der Waals surface area contributed by atoms with E-state index < -0.39 is 5.60 Å². The lowest BCUT2D eigenvalue weighted by Gasteiger charge is -2.52. The van der Waals surface area contributed by atoms with E-state index in [1.54, 1.807) is 0 Å². The van der Waals surface area contributed by atoms with Crippen LogP contribution in [0.5, 0.6) is 0 Å². The van der Waals surface area contributed by atoms with Crippen LogP contribution in [0.15, 0.2) is 30.3 Å². The Morgan fingerprint density at radius 1 is 1.03 bits per heavy atom. The molecular formula is C27H41N3O3. The van der Waals surface area contributed by atoms with E-state index in [1.165, 1.54) is 5.56 Å². The van der Waals surface area contributed by atoms with Crippen LogP contribution in [0.3, 0.4) is 0 Å². The SMILES string of the molecule is CN(C)[C@]1(c2ccccc2)CC[C@]2(CC1)CN(CC1CCOCC1)C(=O)N2CC1(O)CCC1. The molecule has 2 aliphatic heterocycles. The first-order chi connectivity index (χ1) is 15.9. The van der Waals surface area contributed by atoms with Gasteiger partial charge in [-0.05, 0) is 83.4 Å². The van der Waals surface area contributed by atoms with Gasteiger partial charge in [-0.3, -0.25) is 4.90 Å². The van der Waals surface area contributed by atoms with E-state index in [0.29, 0.717) is 12.5 Å². The van der Waals surface area contributed by atoms with Crippen LogP contribution < -0.4 is 0 Å². The first-order valence-electron chi connectivity index (χ1n) is 13.0. The molecular weight excluding hydrogens is 414 g/mol. The number of carbonyl (C=O) groups excluding carboxylic acids is 1. The molecule has 0 aromatic heterocycles. The fraction of sp³-hybridized carbons (Fsp3) is 0.741. The predicted molar refractivity (Wildman–Crippen MR) is 129 cm³/mol. The van der Waals surface area contributed by atoms with Gasteiger partial charge in [-0.2, -0.15) is 0 Å². The number of ether oxygens (including phenoxy) is 1. The molecule has 1 spiro atoms. The van der Waals surface area contributed by atoms with Crippen molar-refractivity contribution in [2.75, 3.05) is 46.9 Å². The van der Waals surface area contributed by atoms with Gasteiger partial charge in [0.15, 0.2) is 0 Å². The smallest absolute Gasteiger partial charge is 0.320 e. The number of amides is 2. The molecule has 1 N–H and O–H groups in total. The maximum atomic E-state index is 13.7. The van der Waals surface area contributed by atoms with Crippen LogP contribution in [0.1, 0.15) is 63.4 Å². The Balaban J connectivity index is 1.38. The molecule has 1 aromatic carbocycles. The first-order valence-corrected chi connectivity index (χ1v) is 13.0. The second-order valence-electron chi connectivity index (χ2n) is 11.4. The minimum absolute atomic E-state index is 0.00271. The summed E-state index contributed by atoms with van der Waals surface area (Å²) in [6, 6.07) is 11.0. The monoisotopic (exact) mass is 455 g/mol. The highest BCUT2D eigenvalue weighted by Gasteiger charge is 2.56. The van der Waals surface area contributed by atoms with Crippen LogP contribution in [0.25, 0.3) is 0 Å². The number of hydrogen-bond acceptors (Lipinski definition) is 4. The summed E-state index contributed by atoms with van der Waals surface area (Å²) >= 11 is 0. The fourth-order valence-electron chi connectivity index (χ4n) is 6.84. The van der Waals surface area contributed by atoms with Crippen LogP contribution in [-0.2, 0) is 10.3 Å². The summed E-state index contributed by atoms with van der Waals surface area (Å²) in [5.41, 5.74) is 0.523. The van der Waals surface area contributed by atoms with Gasteiger partial charge in [0.05, 0.1) is 17.7 Å². The van der Waals surface area contributed by atoms with Gasteiger partial charge in [0.25, 0.3) is 0 Å². The van der Waals surface area contributed by atoms with Gasteiger partial charge in [0, 0.05) is 31.8 Å². The molecule has 6 nitrogen and oxygen atoms in total. The Bertz CT molecular complexity index is 824. The van der Waals surface area contributed by atoms with Crippen LogP contribution >= 0.6 is 0 Å². The van der Waals surface area contributed by atoms with E-state index in [1.807, 2.05) is 0 Å². The molecule has 182 valence electrons. The van der Waals surface area contributed by atoms with Crippen molar-refractivity contribution in [1.29, 1.82) is 0 Å². The number of carbonyl (C=O) groups is 1. The topological polar surface area (TPSA) is 56.2 Å². The van der Waals surface area contributed by atoms with E-state index in [-0.39, 0.29) is 17.1 Å². The minimum Gasteiger partial charge on any atom is -0.388 e. The van der Waals surface area contributed by atoms with Crippen LogP contribution in [0.4, 0.5) is 4.79 Å². The lowest BCUT2D eigenvalue weighted by atomic mass is 9.67. The second-order valence-corrected chi connectivity index (χ2v) is 11.4. The van der Waals surface area contributed by atoms with Crippen LogP contribution in [0, 0.1) is 5.92 Å². The molecule has 0 radical (unpaired) electrons. The molecule has 33 heavy (non-hydrogen) atoms. The summed E-state index contributed by atoms with van der Waals surface area (Å²) < 4.78 is 5.55. The van der Waals surface area contributed by atoms with Crippen molar-refractivity contribution in [2.45, 2.75) is 74.5 Å². The van der Waals surface area contributed by atoms with Crippen molar-refractivity contribution in [3.05, 3.63) is 35.9 Å². The molecule has 4 fully saturated rings. The van der Waals surface area contributed by atoms with Crippen molar-refractivity contribution in [1.82, 2.24) is 14.7 Å². The first kappa shape index (κ1) is 23.1. The molecule has 6 heteroatoms. The van der Waals surface area contributed by atoms with Crippen molar-refractivity contribution in [3.8, 4) is 0 Å². The quantitative estimate of drug-likeness (QED) is 0.708. The average Bonchev–Trinajstić information content (AvgIpc) is 3.05. The molecule has 2 aliphatic carbocycles. The van der Waals surface area contributed by atoms with Gasteiger partial charge < -0.3 is 19.6 Å². The third-order valence-electron chi connectivity index (χ3n) is 9.29. The van der Waals surface area contributed by atoms with Gasteiger partial charge in [-0.25, -0.2) is 4.79 Å². The number of β-amino-alcohol motifs (C(OH)–C–C–N with tert-alkyl or cyclic N) is 1. The third-order valence-corrected chi connectivity index (χ3v) is 9.29. The summed E-state index contributed by atoms with van der Waals surface area (Å²) in [6.45, 7) is 3.75. The summed E-state index contributed by atoms with van der Waals surface area (Å²) in [4.78, 5) is 20.3. The van der Waals surface area contributed by atoms with Gasteiger partial charge in [0.1, 0.15) is 0 Å². The summed E-state index contributed by atoms with van der Waals surface area (Å²) in [7, 11) is 4.38. The van der Waals surface area contributed by atoms with Gasteiger partial charge in [0.2, 0.25) is 0 Å². The van der Waals surface area contributed by atoms with E-state index >= 15 is 0 Å². The van der Waals surface area contributed by atoms with Gasteiger partial charge in [-0.1, -0.05) is 30.3 Å². The van der Waals surface area contributed by atoms with Crippen molar-refractivity contribution < 1.29 is 14.6 Å². The molecule has 0 atom stereocenters. The number of nitrogens with zero attached hydrogens (tertiary/aromatic N) is 3. The van der Waals surface area contributed by atoms with E-state index in [9.17, 15) is 9.90 Å². The summed E-state index contributed by atoms with van der Waals surface area (Å²) in [5.74, 6) is 0.528. The molecule has 4 aliphatic rings. The Kier molecular flexibility index (Phi) is 6.21. The zero-order chi connectivity index (χ0) is 23.1. The zero-order valence-electron chi connectivity index (χ0n) is 20.5. The van der Waals surface area contributed by atoms with Crippen LogP contribution in [0.2, 0.25) is 0 Å². The lowest BCUT2D eigenvalue weighted by Crippen LogP contribution is -2.59. The summed E-state index contributed by atoms with van der Waals surface area (Å²) in [6.07, 6.45) is 8.79. The Labute approximate surface area is 198 Å². The summed E-state index contributed by atoms with van der Waals surface area (Å²) in [5, 5.41) is 11.0. The van der Waals surface area contributed by atoms with Crippen LogP contribution in [-0.4, -0.2) is 83.9 Å². The fourth-order valence-corrected chi connectivity index (χ4v) is 6.84. The molecule has 2 amide bonds. The van der Waals surface area contributed by atoms with Crippen molar-refractivity contribution >= 4 is 6.03 Å². The average molecular weight is 456 g/mol. The maximum absolute atomic E-state index is 13.7. The number of benzene rings is 1. The number of urea groups is 1. The Morgan fingerprint density at radius 2 is 1.70 bits per heavy atom. The maximum Gasteiger partial charge on any atom is 0.320 e. The van der Waals surface area contributed by atoms with Crippen molar-refractivity contribution in [2.24, 2.45) is 5.92 Å². The number of rotatable bonds is 6. The predicted octanol–water partition coefficient (Wildman–Crippen LogP) is 3.84. The Hall–Kier alpha value is -1.63. The molecule has 2 saturated carbocycles. The van der Waals surface area contributed by atoms with Gasteiger partial charge in [-0.15, -0.1) is 0 Å². The number of aliphatic hydroxyl groups is 1. The lowest BCUT2D eigenvalue weighted by molar-refractivity contribution is -0.0725. The highest BCUT2D eigenvalue weighted by Crippen LogP contribution is 2.50. The third kappa shape index (κ3) is 4.19. The molecule has 0 unspecified atom stereocenters. The Morgan fingerprint density at radius 3 is 2.27 bits per heavy atom. The molecule has 1 aromatic rings. The molecule has 5 rings (SSSR count). The standard InChI is InChI=1S/C27H41N3O3/c1-28(2)27(23-7-4-3-5-8-23)15-13-25(14-16-27)20-29(19-22-9-17-33-18-10-22)24(31)30(25)21-26(32)11-6-12-26/h3-5,7-8,22,32H,6,9-21H2,1-2H3/t25-,27+.